The Labute approximate surface area is 159 Å². The molecule has 1 aliphatic heterocycles. The maximum Gasteiger partial charge on any atom is 0.409 e. The van der Waals surface area contributed by atoms with Gasteiger partial charge in [0.15, 0.2) is 0 Å². The third kappa shape index (κ3) is 3.29. The van der Waals surface area contributed by atoms with Crippen LogP contribution in [0.3, 0.4) is 0 Å². The number of fused-ring (bicyclic) bond motifs is 1. The van der Waals surface area contributed by atoms with Crippen LogP contribution < -0.4 is 4.90 Å². The van der Waals surface area contributed by atoms with E-state index in [1.54, 1.807) is 4.90 Å². The number of rotatable bonds is 3. The van der Waals surface area contributed by atoms with E-state index in [4.69, 9.17) is 4.74 Å². The van der Waals surface area contributed by atoms with E-state index >= 15 is 0 Å². The van der Waals surface area contributed by atoms with Crippen molar-refractivity contribution in [2.24, 2.45) is 7.05 Å². The minimum absolute atomic E-state index is 0.218. The number of ether oxygens (including phenoxy) is 1. The maximum absolute atomic E-state index is 11.9. The van der Waals surface area contributed by atoms with Crippen molar-refractivity contribution >= 4 is 23.4 Å². The summed E-state index contributed by atoms with van der Waals surface area (Å²) in [5, 5.41) is 4.61. The highest BCUT2D eigenvalue weighted by Crippen LogP contribution is 2.36. The fourth-order valence-electron chi connectivity index (χ4n) is 3.71. The van der Waals surface area contributed by atoms with Crippen molar-refractivity contribution in [1.29, 1.82) is 0 Å². The van der Waals surface area contributed by atoms with Gasteiger partial charge in [0.2, 0.25) is 0 Å². The minimum Gasteiger partial charge on any atom is -0.450 e. The number of aromatic nitrogens is 3. The highest BCUT2D eigenvalue weighted by Gasteiger charge is 2.26. The van der Waals surface area contributed by atoms with Gasteiger partial charge in [0, 0.05) is 62.8 Å². The predicted molar refractivity (Wildman–Crippen MR) is 105 cm³/mol. The van der Waals surface area contributed by atoms with E-state index in [0.29, 0.717) is 19.7 Å². The summed E-state index contributed by atoms with van der Waals surface area (Å²) >= 11 is 0. The Balaban J connectivity index is 1.54. The molecule has 1 aliphatic carbocycles. The van der Waals surface area contributed by atoms with Gasteiger partial charge in [0.1, 0.15) is 0 Å². The zero-order valence-electron chi connectivity index (χ0n) is 16.1. The van der Waals surface area contributed by atoms with Gasteiger partial charge in [0.05, 0.1) is 18.0 Å². The summed E-state index contributed by atoms with van der Waals surface area (Å²) in [7, 11) is 1.97. The first-order chi connectivity index (χ1) is 13.1. The van der Waals surface area contributed by atoms with E-state index < -0.39 is 0 Å². The van der Waals surface area contributed by atoms with Crippen molar-refractivity contribution in [2.45, 2.75) is 20.3 Å². The van der Waals surface area contributed by atoms with E-state index in [0.717, 1.165) is 36.6 Å². The van der Waals surface area contributed by atoms with Gasteiger partial charge in [-0.05, 0) is 37.6 Å². The molecule has 0 N–H and O–H groups in total. The number of allylic oxidation sites excluding steroid dienone is 1. The first kappa shape index (κ1) is 17.6. The normalized spacial score (nSPS) is 16.3. The molecule has 1 amide bonds. The topological polar surface area (TPSA) is 63.5 Å². The van der Waals surface area contributed by atoms with Gasteiger partial charge >= 0.3 is 6.09 Å². The van der Waals surface area contributed by atoms with Crippen LogP contribution in [0.2, 0.25) is 0 Å². The number of hydrogen-bond donors (Lipinski definition) is 0. The lowest BCUT2D eigenvalue weighted by atomic mass is 10.1. The molecule has 1 fully saturated rings. The Morgan fingerprint density at radius 1 is 1.26 bits per heavy atom. The third-order valence-corrected chi connectivity index (χ3v) is 5.32. The summed E-state index contributed by atoms with van der Waals surface area (Å²) in [6.45, 7) is 7.24. The van der Waals surface area contributed by atoms with Gasteiger partial charge in [-0.15, -0.1) is 0 Å². The van der Waals surface area contributed by atoms with Crippen molar-refractivity contribution in [3.05, 3.63) is 41.0 Å². The molecule has 27 heavy (non-hydrogen) atoms. The van der Waals surface area contributed by atoms with Gasteiger partial charge in [-0.25, -0.2) is 4.79 Å². The fourth-order valence-corrected chi connectivity index (χ4v) is 3.71. The van der Waals surface area contributed by atoms with Crippen LogP contribution in [0.25, 0.3) is 11.6 Å². The van der Waals surface area contributed by atoms with E-state index in [-0.39, 0.29) is 6.09 Å². The molecule has 2 aromatic rings. The number of carbonyl (C=O) groups is 1. The van der Waals surface area contributed by atoms with Gasteiger partial charge in [-0.3, -0.25) is 9.67 Å². The molecule has 0 aromatic carbocycles. The van der Waals surface area contributed by atoms with E-state index in [1.807, 2.05) is 24.9 Å². The van der Waals surface area contributed by atoms with Crippen molar-refractivity contribution in [1.82, 2.24) is 19.7 Å². The predicted octanol–water partition coefficient (Wildman–Crippen LogP) is 2.50. The molecule has 7 nitrogen and oxygen atoms in total. The van der Waals surface area contributed by atoms with E-state index in [1.165, 1.54) is 16.8 Å². The molecule has 3 heterocycles. The van der Waals surface area contributed by atoms with Crippen LogP contribution in [0.1, 0.15) is 29.6 Å². The van der Waals surface area contributed by atoms with Gasteiger partial charge in [-0.2, -0.15) is 5.10 Å². The number of anilines is 1. The summed E-state index contributed by atoms with van der Waals surface area (Å²) in [4.78, 5) is 20.6. The zero-order chi connectivity index (χ0) is 19.0. The van der Waals surface area contributed by atoms with Crippen LogP contribution in [-0.2, 0) is 18.2 Å². The zero-order valence-corrected chi connectivity index (χ0v) is 16.1. The Bertz CT molecular complexity index is 874. The lowest BCUT2D eigenvalue weighted by molar-refractivity contribution is 0.105. The number of amides is 1. The molecule has 7 heteroatoms. The second kappa shape index (κ2) is 7.06. The number of nitrogens with zero attached hydrogens (tertiary/aromatic N) is 5. The highest BCUT2D eigenvalue weighted by atomic mass is 16.6. The van der Waals surface area contributed by atoms with Gasteiger partial charge in [0.25, 0.3) is 0 Å². The molecule has 2 aliphatic rings. The van der Waals surface area contributed by atoms with Crippen LogP contribution in [0, 0.1) is 6.92 Å². The Morgan fingerprint density at radius 3 is 2.70 bits per heavy atom. The quantitative estimate of drug-likeness (QED) is 0.834. The van der Waals surface area contributed by atoms with Crippen molar-refractivity contribution in [2.75, 3.05) is 37.7 Å². The molecule has 4 rings (SSSR count). The molecule has 0 spiro atoms. The first-order valence-corrected chi connectivity index (χ1v) is 9.43. The van der Waals surface area contributed by atoms with E-state index in [9.17, 15) is 4.79 Å². The average molecular weight is 367 g/mol. The monoisotopic (exact) mass is 367 g/mol. The molecule has 0 unspecified atom stereocenters. The summed E-state index contributed by atoms with van der Waals surface area (Å²) in [5.41, 5.74) is 6.83. The standard InChI is InChI=1S/C20H25N5O2/c1-4-27-20(26)25-9-7-24(8-10-25)19-5-6-21-18-13-15(12-16(18)19)17-11-14(2)23(3)22-17/h5-6,11-12H,4,7-10,13H2,1-3H3. The van der Waals surface area contributed by atoms with E-state index in [2.05, 4.69) is 40.1 Å². The van der Waals surface area contributed by atoms with Crippen LogP contribution in [0.15, 0.2) is 18.3 Å². The van der Waals surface area contributed by atoms with Gasteiger partial charge < -0.3 is 14.5 Å². The summed E-state index contributed by atoms with van der Waals surface area (Å²) in [6.07, 6.45) is 4.69. The smallest absolute Gasteiger partial charge is 0.409 e. The van der Waals surface area contributed by atoms with Crippen molar-refractivity contribution in [3.63, 3.8) is 0 Å². The largest absolute Gasteiger partial charge is 0.450 e. The molecule has 1 saturated heterocycles. The lowest BCUT2D eigenvalue weighted by Crippen LogP contribution is -2.49. The highest BCUT2D eigenvalue weighted by molar-refractivity contribution is 5.91. The summed E-state index contributed by atoms with van der Waals surface area (Å²) < 4.78 is 7.02. The third-order valence-electron chi connectivity index (χ3n) is 5.32. The second-order valence-electron chi connectivity index (χ2n) is 7.00. The second-order valence-corrected chi connectivity index (χ2v) is 7.00. The molecular weight excluding hydrogens is 342 g/mol. The molecule has 0 atom stereocenters. The Kier molecular flexibility index (Phi) is 4.59. The minimum atomic E-state index is -0.218. The van der Waals surface area contributed by atoms with Crippen LogP contribution in [0.5, 0.6) is 0 Å². The number of piperazine rings is 1. The number of hydrogen-bond acceptors (Lipinski definition) is 5. The van der Waals surface area contributed by atoms with Crippen LogP contribution in [-0.4, -0.2) is 58.5 Å². The van der Waals surface area contributed by atoms with Gasteiger partial charge in [-0.1, -0.05) is 0 Å². The summed E-state index contributed by atoms with van der Waals surface area (Å²) in [5.74, 6) is 0. The molecule has 0 saturated carbocycles. The lowest BCUT2D eigenvalue weighted by Gasteiger charge is -2.36. The molecule has 0 bridgehead atoms. The van der Waals surface area contributed by atoms with Crippen molar-refractivity contribution in [3.8, 4) is 0 Å². The maximum atomic E-state index is 11.9. The summed E-state index contributed by atoms with van der Waals surface area (Å²) in [6, 6.07) is 4.19. The number of carbonyl (C=O) groups excluding carboxylic acids is 1. The molecule has 2 aromatic heterocycles. The van der Waals surface area contributed by atoms with Crippen molar-refractivity contribution < 1.29 is 9.53 Å². The fraction of sp³-hybridized carbons (Fsp3) is 0.450. The Morgan fingerprint density at radius 2 is 2.04 bits per heavy atom. The molecule has 0 radical (unpaired) electrons. The first-order valence-electron chi connectivity index (χ1n) is 9.43. The number of pyridine rings is 1. The SMILES string of the molecule is CCOC(=O)N1CCN(c2ccnc3c2C=C(c2cc(C)n(C)n2)C3)CC1. The number of aryl methyl sites for hydroxylation is 2. The molecule has 142 valence electrons. The van der Waals surface area contributed by atoms with Crippen LogP contribution >= 0.6 is 0 Å². The van der Waals surface area contributed by atoms with Crippen LogP contribution in [0.4, 0.5) is 10.5 Å². The Hall–Kier alpha value is -2.83. The average Bonchev–Trinajstić information content (AvgIpc) is 3.25. The molecular formula is C20H25N5O2.